The van der Waals surface area contributed by atoms with Gasteiger partial charge in [-0.3, -0.25) is 14.4 Å². The number of carbonyl (C=O) groups is 3. The summed E-state index contributed by atoms with van der Waals surface area (Å²) < 4.78 is 0. The van der Waals surface area contributed by atoms with Crippen LogP contribution in [0.4, 0.5) is 5.69 Å². The minimum Gasteiger partial charge on any atom is -0.353 e. The fourth-order valence-corrected chi connectivity index (χ4v) is 2.37. The van der Waals surface area contributed by atoms with Crippen LogP contribution in [0.3, 0.4) is 0 Å². The number of rotatable bonds is 7. The monoisotopic (exact) mass is 331 g/mol. The summed E-state index contributed by atoms with van der Waals surface area (Å²) in [4.78, 5) is 35.3. The van der Waals surface area contributed by atoms with Gasteiger partial charge in [-0.1, -0.05) is 26.0 Å². The Morgan fingerprint density at radius 3 is 2.25 bits per heavy atom. The number of hydrogen-bond donors (Lipinski definition) is 3. The molecule has 0 bridgehead atoms. The Morgan fingerprint density at radius 1 is 1.12 bits per heavy atom. The fraction of sp³-hybridized carbons (Fsp3) is 0.500. The van der Waals surface area contributed by atoms with Crippen molar-refractivity contribution in [1.82, 2.24) is 10.6 Å². The summed E-state index contributed by atoms with van der Waals surface area (Å²) in [6.07, 6.45) is 2.48. The minimum atomic E-state index is -0.577. The third kappa shape index (κ3) is 5.68. The molecule has 24 heavy (non-hydrogen) atoms. The molecular formula is C18H25N3O3. The average Bonchev–Trinajstić information content (AvgIpc) is 3.30. The number of benzene rings is 1. The number of carbonyl (C=O) groups excluding carboxylic acids is 3. The third-order valence-electron chi connectivity index (χ3n) is 3.84. The van der Waals surface area contributed by atoms with Crippen LogP contribution < -0.4 is 16.0 Å². The van der Waals surface area contributed by atoms with Crippen molar-refractivity contribution in [2.24, 2.45) is 5.92 Å². The molecule has 1 aromatic carbocycles. The van der Waals surface area contributed by atoms with E-state index < -0.39 is 6.04 Å². The Morgan fingerprint density at radius 2 is 1.75 bits per heavy atom. The van der Waals surface area contributed by atoms with Crippen LogP contribution in [0.5, 0.6) is 0 Å². The number of nitrogens with one attached hydrogen (secondary N) is 3. The normalized spacial score (nSPS) is 14.8. The summed E-state index contributed by atoms with van der Waals surface area (Å²) in [6, 6.07) is 6.96. The zero-order valence-electron chi connectivity index (χ0n) is 14.4. The molecule has 1 unspecified atom stereocenters. The molecule has 2 rings (SSSR count). The summed E-state index contributed by atoms with van der Waals surface area (Å²) in [6.45, 7) is 5.15. The van der Waals surface area contributed by atoms with Crippen molar-refractivity contribution >= 4 is 23.4 Å². The van der Waals surface area contributed by atoms with Crippen LogP contribution in [0.25, 0.3) is 0 Å². The summed E-state index contributed by atoms with van der Waals surface area (Å²) in [5, 5.41) is 8.40. The van der Waals surface area contributed by atoms with Crippen LogP contribution in [0, 0.1) is 5.92 Å². The summed E-state index contributed by atoms with van der Waals surface area (Å²) >= 11 is 0. The molecular weight excluding hydrogens is 306 g/mol. The van der Waals surface area contributed by atoms with Crippen LogP contribution in [0.1, 0.15) is 39.2 Å². The maximum absolute atomic E-state index is 12.3. The summed E-state index contributed by atoms with van der Waals surface area (Å²) in [5.41, 5.74) is 1.54. The molecule has 1 atom stereocenters. The number of anilines is 1. The van der Waals surface area contributed by atoms with Crippen LogP contribution in [-0.2, 0) is 20.8 Å². The first-order valence-corrected chi connectivity index (χ1v) is 8.31. The lowest BCUT2D eigenvalue weighted by molar-refractivity contribution is -0.126. The molecule has 0 saturated heterocycles. The summed E-state index contributed by atoms with van der Waals surface area (Å²) in [7, 11) is 0. The van der Waals surface area contributed by atoms with E-state index in [0.29, 0.717) is 18.2 Å². The molecule has 6 heteroatoms. The van der Waals surface area contributed by atoms with Gasteiger partial charge in [0.25, 0.3) is 0 Å². The first-order valence-electron chi connectivity index (χ1n) is 8.31. The van der Waals surface area contributed by atoms with Crippen molar-refractivity contribution in [1.29, 1.82) is 0 Å². The van der Waals surface area contributed by atoms with Crippen molar-refractivity contribution in [3.8, 4) is 0 Å². The van der Waals surface area contributed by atoms with Crippen LogP contribution in [0.15, 0.2) is 24.3 Å². The summed E-state index contributed by atoms with van der Waals surface area (Å²) in [5.74, 6) is -0.473. The highest BCUT2D eigenvalue weighted by Crippen LogP contribution is 2.19. The van der Waals surface area contributed by atoms with E-state index in [-0.39, 0.29) is 23.6 Å². The van der Waals surface area contributed by atoms with E-state index >= 15 is 0 Å². The van der Waals surface area contributed by atoms with Crippen molar-refractivity contribution in [2.75, 3.05) is 5.32 Å². The van der Waals surface area contributed by atoms with Gasteiger partial charge in [-0.05, 0) is 36.5 Å². The Bertz CT molecular complexity index is 606. The highest BCUT2D eigenvalue weighted by Gasteiger charge is 2.24. The Balaban J connectivity index is 1.90. The molecule has 1 aromatic rings. The smallest absolute Gasteiger partial charge is 0.247 e. The predicted molar refractivity (Wildman–Crippen MR) is 92.4 cm³/mol. The number of amides is 3. The van der Waals surface area contributed by atoms with Gasteiger partial charge in [0.15, 0.2) is 0 Å². The van der Waals surface area contributed by atoms with E-state index in [1.54, 1.807) is 12.1 Å². The van der Waals surface area contributed by atoms with Crippen LogP contribution >= 0.6 is 0 Å². The lowest BCUT2D eigenvalue weighted by Gasteiger charge is -2.21. The zero-order valence-corrected chi connectivity index (χ0v) is 14.4. The zero-order chi connectivity index (χ0) is 17.7. The first kappa shape index (κ1) is 18.0. The molecule has 6 nitrogen and oxygen atoms in total. The molecule has 1 aliphatic rings. The van der Waals surface area contributed by atoms with Crippen molar-refractivity contribution in [2.45, 2.75) is 52.1 Å². The molecule has 1 aliphatic carbocycles. The standard InChI is InChI=1S/C18H25N3O3/c1-11(2)17(19-12(3)22)18(24)21-15-6-4-13(5-7-15)10-16(23)20-14-8-9-14/h4-7,11,14,17H,8-10H2,1-3H3,(H,19,22)(H,20,23)(H,21,24). The maximum atomic E-state index is 12.3. The van der Waals surface area contributed by atoms with Crippen LogP contribution in [0.2, 0.25) is 0 Å². The van der Waals surface area contributed by atoms with Gasteiger partial charge in [0.2, 0.25) is 17.7 Å². The molecule has 1 fully saturated rings. The molecule has 1 saturated carbocycles. The molecule has 3 N–H and O–H groups in total. The maximum Gasteiger partial charge on any atom is 0.247 e. The molecule has 130 valence electrons. The largest absolute Gasteiger partial charge is 0.353 e. The lowest BCUT2D eigenvalue weighted by Crippen LogP contribution is -2.46. The lowest BCUT2D eigenvalue weighted by atomic mass is 10.0. The van der Waals surface area contributed by atoms with E-state index in [0.717, 1.165) is 18.4 Å². The number of hydrogen-bond acceptors (Lipinski definition) is 3. The topological polar surface area (TPSA) is 87.3 Å². The molecule has 0 aromatic heterocycles. The van der Waals surface area contributed by atoms with Gasteiger partial charge in [0.05, 0.1) is 6.42 Å². The van der Waals surface area contributed by atoms with Gasteiger partial charge >= 0.3 is 0 Å². The second-order valence-electron chi connectivity index (χ2n) is 6.63. The molecule has 0 spiro atoms. The SMILES string of the molecule is CC(=O)NC(C(=O)Nc1ccc(CC(=O)NC2CC2)cc1)C(C)C. The highest BCUT2D eigenvalue weighted by atomic mass is 16.2. The predicted octanol–water partition coefficient (Wildman–Crippen LogP) is 1.61. The van der Waals surface area contributed by atoms with Crippen molar-refractivity contribution in [3.63, 3.8) is 0 Å². The van der Waals surface area contributed by atoms with E-state index in [1.807, 2.05) is 26.0 Å². The first-order chi connectivity index (χ1) is 11.3. The van der Waals surface area contributed by atoms with E-state index in [9.17, 15) is 14.4 Å². The van der Waals surface area contributed by atoms with E-state index in [1.165, 1.54) is 6.92 Å². The fourth-order valence-electron chi connectivity index (χ4n) is 2.37. The molecule has 0 aliphatic heterocycles. The van der Waals surface area contributed by atoms with Gasteiger partial charge in [-0.15, -0.1) is 0 Å². The van der Waals surface area contributed by atoms with E-state index in [4.69, 9.17) is 0 Å². The van der Waals surface area contributed by atoms with Gasteiger partial charge in [0, 0.05) is 18.7 Å². The molecule has 0 radical (unpaired) electrons. The van der Waals surface area contributed by atoms with Crippen molar-refractivity contribution < 1.29 is 14.4 Å². The van der Waals surface area contributed by atoms with Gasteiger partial charge in [-0.2, -0.15) is 0 Å². The average molecular weight is 331 g/mol. The third-order valence-corrected chi connectivity index (χ3v) is 3.84. The minimum absolute atomic E-state index is 0.0145. The Labute approximate surface area is 142 Å². The highest BCUT2D eigenvalue weighted by molar-refractivity contribution is 5.97. The Hall–Kier alpha value is -2.37. The van der Waals surface area contributed by atoms with Gasteiger partial charge in [0.1, 0.15) is 6.04 Å². The van der Waals surface area contributed by atoms with Gasteiger partial charge < -0.3 is 16.0 Å². The van der Waals surface area contributed by atoms with Gasteiger partial charge in [-0.25, -0.2) is 0 Å². The van der Waals surface area contributed by atoms with E-state index in [2.05, 4.69) is 16.0 Å². The Kier molecular flexibility index (Phi) is 5.95. The second kappa shape index (κ2) is 7.95. The van der Waals surface area contributed by atoms with Crippen LogP contribution in [-0.4, -0.2) is 29.8 Å². The molecule has 3 amide bonds. The molecule has 0 heterocycles. The quantitative estimate of drug-likeness (QED) is 0.709. The van der Waals surface area contributed by atoms with Crippen molar-refractivity contribution in [3.05, 3.63) is 29.8 Å². The second-order valence-corrected chi connectivity index (χ2v) is 6.63.